The maximum Gasteiger partial charge on any atom is 0.345 e. The molecule has 0 aliphatic carbocycles. The largest absolute Gasteiger partial charge is 0.462 e. The first-order chi connectivity index (χ1) is 11.6. The summed E-state index contributed by atoms with van der Waals surface area (Å²) in [4.78, 5) is 24.6. The summed E-state index contributed by atoms with van der Waals surface area (Å²) in [5.41, 5.74) is 0.976. The number of hydrogen-bond donors (Lipinski definition) is 1. The monoisotopic (exact) mass is 324 g/mol. The van der Waals surface area contributed by atoms with E-state index in [9.17, 15) is 9.59 Å². The first-order valence-corrected chi connectivity index (χ1v) is 7.54. The summed E-state index contributed by atoms with van der Waals surface area (Å²) in [5.74, 6) is -0.971. The number of aromatic nitrogens is 1. The van der Waals surface area contributed by atoms with Crippen molar-refractivity contribution in [3.05, 3.63) is 59.3 Å². The number of ether oxygens (including phenoxy) is 1. The van der Waals surface area contributed by atoms with Crippen molar-refractivity contribution in [3.8, 4) is 0 Å². The summed E-state index contributed by atoms with van der Waals surface area (Å²) >= 11 is 0. The van der Waals surface area contributed by atoms with Gasteiger partial charge < -0.3 is 9.26 Å². The van der Waals surface area contributed by atoms with Crippen LogP contribution in [0.25, 0.3) is 10.8 Å². The van der Waals surface area contributed by atoms with Crippen LogP contribution in [0.3, 0.4) is 0 Å². The summed E-state index contributed by atoms with van der Waals surface area (Å²) in [6, 6.07) is 13.0. The Hall–Kier alpha value is -3.15. The number of nitrogens with one attached hydrogen (secondary N) is 1. The molecule has 1 heterocycles. The SMILES string of the molecule is CCOC(=O)c1c(C)noc1NC(=O)c1cccc2ccccc12. The van der Waals surface area contributed by atoms with Gasteiger partial charge in [-0.2, -0.15) is 0 Å². The van der Waals surface area contributed by atoms with Crippen LogP contribution < -0.4 is 5.32 Å². The van der Waals surface area contributed by atoms with Crippen LogP contribution in [0.2, 0.25) is 0 Å². The van der Waals surface area contributed by atoms with Crippen LogP contribution >= 0.6 is 0 Å². The summed E-state index contributed by atoms with van der Waals surface area (Å²) in [5, 5.41) is 8.11. The molecule has 0 saturated carbocycles. The van der Waals surface area contributed by atoms with E-state index in [1.807, 2.05) is 30.3 Å². The molecule has 0 bridgehead atoms. The predicted octanol–water partition coefficient (Wildman–Crippen LogP) is 3.57. The summed E-state index contributed by atoms with van der Waals surface area (Å²) in [6.07, 6.45) is 0. The lowest BCUT2D eigenvalue weighted by Crippen LogP contribution is -2.15. The molecule has 122 valence electrons. The topological polar surface area (TPSA) is 81.4 Å². The van der Waals surface area contributed by atoms with Crippen LogP contribution in [0.1, 0.15) is 33.3 Å². The van der Waals surface area contributed by atoms with Crippen LogP contribution in [-0.4, -0.2) is 23.6 Å². The predicted molar refractivity (Wildman–Crippen MR) is 89.1 cm³/mol. The number of esters is 1. The molecule has 0 fully saturated rings. The molecular weight excluding hydrogens is 308 g/mol. The molecule has 0 atom stereocenters. The van der Waals surface area contributed by atoms with Gasteiger partial charge in [-0.25, -0.2) is 4.79 Å². The van der Waals surface area contributed by atoms with E-state index in [2.05, 4.69) is 10.5 Å². The van der Waals surface area contributed by atoms with Gasteiger partial charge in [-0.15, -0.1) is 0 Å². The zero-order valence-corrected chi connectivity index (χ0v) is 13.3. The third-order valence-electron chi connectivity index (χ3n) is 3.60. The molecule has 0 spiro atoms. The highest BCUT2D eigenvalue weighted by molar-refractivity contribution is 6.13. The maximum atomic E-state index is 12.6. The van der Waals surface area contributed by atoms with E-state index in [0.29, 0.717) is 11.3 Å². The van der Waals surface area contributed by atoms with Crippen LogP contribution in [0.4, 0.5) is 5.88 Å². The Labute approximate surface area is 138 Å². The summed E-state index contributed by atoms with van der Waals surface area (Å²) < 4.78 is 10.1. The molecule has 1 N–H and O–H groups in total. The second-order valence-corrected chi connectivity index (χ2v) is 5.17. The van der Waals surface area contributed by atoms with Gasteiger partial charge in [0.05, 0.1) is 12.3 Å². The molecule has 2 aromatic carbocycles. The highest BCUT2D eigenvalue weighted by Gasteiger charge is 2.24. The molecule has 24 heavy (non-hydrogen) atoms. The van der Waals surface area contributed by atoms with E-state index < -0.39 is 5.97 Å². The Kier molecular flexibility index (Phi) is 4.29. The molecule has 3 aromatic rings. The van der Waals surface area contributed by atoms with E-state index in [-0.39, 0.29) is 24.0 Å². The first-order valence-electron chi connectivity index (χ1n) is 7.54. The lowest BCUT2D eigenvalue weighted by atomic mass is 10.0. The number of carbonyl (C=O) groups excluding carboxylic acids is 2. The third-order valence-corrected chi connectivity index (χ3v) is 3.60. The van der Waals surface area contributed by atoms with Crippen molar-refractivity contribution in [2.24, 2.45) is 0 Å². The van der Waals surface area contributed by atoms with E-state index in [0.717, 1.165) is 10.8 Å². The number of anilines is 1. The minimum Gasteiger partial charge on any atom is -0.462 e. The molecule has 0 aliphatic heterocycles. The van der Waals surface area contributed by atoms with Crippen molar-refractivity contribution in [1.29, 1.82) is 0 Å². The average molecular weight is 324 g/mol. The number of carbonyl (C=O) groups is 2. The molecule has 6 nitrogen and oxygen atoms in total. The smallest absolute Gasteiger partial charge is 0.345 e. The van der Waals surface area contributed by atoms with Gasteiger partial charge in [-0.3, -0.25) is 10.1 Å². The molecule has 1 aromatic heterocycles. The van der Waals surface area contributed by atoms with Gasteiger partial charge in [0.25, 0.3) is 5.91 Å². The van der Waals surface area contributed by atoms with Gasteiger partial charge in [0.1, 0.15) is 5.56 Å². The number of rotatable bonds is 4. The zero-order chi connectivity index (χ0) is 17.1. The van der Waals surface area contributed by atoms with Crippen molar-refractivity contribution in [2.45, 2.75) is 13.8 Å². The molecule has 3 rings (SSSR count). The van der Waals surface area contributed by atoms with Gasteiger partial charge >= 0.3 is 5.97 Å². The highest BCUT2D eigenvalue weighted by atomic mass is 16.5. The van der Waals surface area contributed by atoms with E-state index in [1.54, 1.807) is 26.0 Å². The fraction of sp³-hybridized carbons (Fsp3) is 0.167. The Morgan fingerprint density at radius 3 is 2.71 bits per heavy atom. The zero-order valence-electron chi connectivity index (χ0n) is 13.3. The van der Waals surface area contributed by atoms with Crippen LogP contribution in [0.5, 0.6) is 0 Å². The summed E-state index contributed by atoms with van der Waals surface area (Å²) in [6.45, 7) is 3.54. The number of hydrogen-bond acceptors (Lipinski definition) is 5. The van der Waals surface area contributed by atoms with Crippen LogP contribution in [0, 0.1) is 6.92 Å². The number of fused-ring (bicyclic) bond motifs is 1. The average Bonchev–Trinajstić information content (AvgIpc) is 2.95. The number of benzene rings is 2. The number of amides is 1. The van der Waals surface area contributed by atoms with Crippen molar-refractivity contribution in [2.75, 3.05) is 11.9 Å². The first kappa shape index (κ1) is 15.7. The lowest BCUT2D eigenvalue weighted by molar-refractivity contribution is 0.0526. The van der Waals surface area contributed by atoms with Gasteiger partial charge in [0.15, 0.2) is 0 Å². The second kappa shape index (κ2) is 6.54. The van der Waals surface area contributed by atoms with E-state index in [1.165, 1.54) is 0 Å². The Bertz CT molecular complexity index is 909. The van der Waals surface area contributed by atoms with Gasteiger partial charge in [-0.1, -0.05) is 41.6 Å². The molecule has 0 unspecified atom stereocenters. The van der Waals surface area contributed by atoms with Crippen LogP contribution in [-0.2, 0) is 4.74 Å². The lowest BCUT2D eigenvalue weighted by Gasteiger charge is -2.07. The van der Waals surface area contributed by atoms with Crippen LogP contribution in [0.15, 0.2) is 47.0 Å². The van der Waals surface area contributed by atoms with Crippen molar-refractivity contribution in [1.82, 2.24) is 5.16 Å². The standard InChI is InChI=1S/C18H16N2O4/c1-3-23-18(22)15-11(2)20-24-17(15)19-16(21)14-10-6-8-12-7-4-5-9-13(12)14/h4-10H,3H2,1-2H3,(H,19,21). The van der Waals surface area contributed by atoms with Crippen molar-refractivity contribution >= 4 is 28.5 Å². The normalized spacial score (nSPS) is 10.6. The fourth-order valence-corrected chi connectivity index (χ4v) is 2.49. The molecule has 0 saturated heterocycles. The molecule has 0 aliphatic rings. The van der Waals surface area contributed by atoms with Gasteiger partial charge in [0.2, 0.25) is 5.88 Å². The Morgan fingerprint density at radius 2 is 1.92 bits per heavy atom. The number of nitrogens with zero attached hydrogens (tertiary/aromatic N) is 1. The highest BCUT2D eigenvalue weighted by Crippen LogP contribution is 2.23. The van der Waals surface area contributed by atoms with Crippen molar-refractivity contribution in [3.63, 3.8) is 0 Å². The molecular formula is C18H16N2O4. The minimum atomic E-state index is -0.579. The van der Waals surface area contributed by atoms with E-state index in [4.69, 9.17) is 9.26 Å². The Morgan fingerprint density at radius 1 is 1.17 bits per heavy atom. The van der Waals surface area contributed by atoms with Crippen molar-refractivity contribution < 1.29 is 18.8 Å². The summed E-state index contributed by atoms with van der Waals surface area (Å²) in [7, 11) is 0. The maximum absolute atomic E-state index is 12.6. The van der Waals surface area contributed by atoms with E-state index >= 15 is 0 Å². The third kappa shape index (κ3) is 2.86. The number of aryl methyl sites for hydroxylation is 1. The van der Waals surface area contributed by atoms with Gasteiger partial charge in [-0.05, 0) is 30.7 Å². The quantitative estimate of drug-likeness (QED) is 0.742. The second-order valence-electron chi connectivity index (χ2n) is 5.17. The Balaban J connectivity index is 1.94. The van der Waals surface area contributed by atoms with Gasteiger partial charge in [0, 0.05) is 5.56 Å². The minimum absolute atomic E-state index is 0.0103. The molecule has 6 heteroatoms. The molecule has 0 radical (unpaired) electrons. The fourth-order valence-electron chi connectivity index (χ4n) is 2.49. The molecule has 1 amide bonds.